The first-order chi connectivity index (χ1) is 13.1. The normalized spacial score (nSPS) is 12.6. The molecule has 0 fully saturated rings. The van der Waals surface area contributed by atoms with E-state index in [1.807, 2.05) is 0 Å². The molecule has 1 atom stereocenters. The van der Waals surface area contributed by atoms with Crippen LogP contribution >= 0.6 is 11.6 Å². The highest BCUT2D eigenvalue weighted by Gasteiger charge is 2.21. The van der Waals surface area contributed by atoms with Gasteiger partial charge in [0.2, 0.25) is 0 Å². The molecule has 3 aromatic rings. The van der Waals surface area contributed by atoms with Crippen LogP contribution in [0.1, 0.15) is 32.4 Å². The minimum Gasteiger partial charge on any atom is -0.442 e. The number of halogens is 1. The second-order valence-corrected chi connectivity index (χ2v) is 7.69. The van der Waals surface area contributed by atoms with Crippen molar-refractivity contribution >= 4 is 40.2 Å². The molecular weight excluding hydrogens is 382 g/mol. The minimum absolute atomic E-state index is 0.392. The van der Waals surface area contributed by atoms with Crippen LogP contribution in [0, 0.1) is 0 Å². The number of ether oxygens (including phenoxy) is 1. The van der Waals surface area contributed by atoms with Crippen molar-refractivity contribution in [2.24, 2.45) is 0 Å². The topological polar surface area (TPSA) is 93.5 Å². The molecule has 2 aromatic carbocycles. The first-order valence-corrected chi connectivity index (χ1v) is 8.97. The van der Waals surface area contributed by atoms with E-state index in [9.17, 15) is 14.7 Å². The van der Waals surface area contributed by atoms with E-state index in [-0.39, 0.29) is 0 Å². The number of hydrogen-bond donors (Lipinski definition) is 2. The van der Waals surface area contributed by atoms with Crippen molar-refractivity contribution in [1.29, 1.82) is 0 Å². The summed E-state index contributed by atoms with van der Waals surface area (Å²) in [4.78, 5) is 24.6. The Morgan fingerprint density at radius 3 is 2.64 bits per heavy atom. The molecule has 28 heavy (non-hydrogen) atoms. The number of anilines is 1. The van der Waals surface area contributed by atoms with Crippen LogP contribution in [0.15, 0.2) is 48.7 Å². The van der Waals surface area contributed by atoms with Crippen molar-refractivity contribution in [2.75, 3.05) is 5.32 Å². The van der Waals surface area contributed by atoms with Gasteiger partial charge in [-0.15, -0.1) is 0 Å². The fourth-order valence-corrected chi connectivity index (χ4v) is 2.80. The van der Waals surface area contributed by atoms with E-state index in [1.54, 1.807) is 57.2 Å². The minimum atomic E-state index is -1.36. The van der Waals surface area contributed by atoms with Gasteiger partial charge < -0.3 is 15.2 Å². The Balaban J connectivity index is 1.78. The van der Waals surface area contributed by atoms with Crippen molar-refractivity contribution in [2.45, 2.75) is 32.5 Å². The van der Waals surface area contributed by atoms with Gasteiger partial charge in [-0.25, -0.2) is 4.79 Å². The zero-order chi connectivity index (χ0) is 20.5. The fraction of sp³-hybridized carbons (Fsp3) is 0.250. The molecule has 1 aromatic heterocycles. The summed E-state index contributed by atoms with van der Waals surface area (Å²) in [5, 5.41) is 18.0. The van der Waals surface area contributed by atoms with Crippen LogP contribution < -0.4 is 5.32 Å². The maximum absolute atomic E-state index is 12.3. The van der Waals surface area contributed by atoms with E-state index >= 15 is 0 Å². The lowest BCUT2D eigenvalue weighted by atomic mass is 10.1. The molecular formula is C20H20ClN3O4. The number of carbonyl (C=O) groups excluding carboxylic acids is 2. The van der Waals surface area contributed by atoms with Gasteiger partial charge in [0.15, 0.2) is 6.10 Å². The van der Waals surface area contributed by atoms with Crippen molar-refractivity contribution in [3.8, 4) is 0 Å². The molecule has 146 valence electrons. The third-order valence-corrected chi connectivity index (χ3v) is 4.05. The molecule has 7 nitrogen and oxygen atoms in total. The molecule has 0 radical (unpaired) electrons. The number of carbonyl (C=O) groups is 2. The number of amides is 1. The monoisotopic (exact) mass is 401 g/mol. The third-order valence-electron chi connectivity index (χ3n) is 3.81. The molecule has 1 amide bonds. The lowest BCUT2D eigenvalue weighted by molar-refractivity contribution is -0.124. The lowest BCUT2D eigenvalue weighted by Gasteiger charge is -2.19. The number of benzene rings is 2. The van der Waals surface area contributed by atoms with E-state index in [1.165, 1.54) is 12.3 Å². The SMILES string of the molecule is CC(C)(C)OC(=O)n1ncc2cc(NC(=O)[C@@H](O)c3cccc(Cl)c3)ccc21. The molecule has 0 unspecified atom stereocenters. The second kappa shape index (κ2) is 7.61. The summed E-state index contributed by atoms with van der Waals surface area (Å²) >= 11 is 5.90. The van der Waals surface area contributed by atoms with E-state index in [0.717, 1.165) is 4.68 Å². The molecule has 0 saturated heterocycles. The lowest BCUT2D eigenvalue weighted by Crippen LogP contribution is -2.27. The molecule has 0 spiro atoms. The molecule has 0 saturated carbocycles. The van der Waals surface area contributed by atoms with Crippen molar-refractivity contribution in [3.05, 3.63) is 59.2 Å². The standard InChI is InChI=1S/C20H20ClN3O4/c1-20(2,3)28-19(27)24-16-8-7-15(10-13(16)11-22-24)23-18(26)17(25)12-5-4-6-14(21)9-12/h4-11,17,25H,1-3H3,(H,23,26)/t17-/m0/s1. The fourth-order valence-electron chi connectivity index (χ4n) is 2.60. The molecule has 2 N–H and O–H groups in total. The average molecular weight is 402 g/mol. The smallest absolute Gasteiger partial charge is 0.435 e. The first kappa shape index (κ1) is 19.9. The van der Waals surface area contributed by atoms with Crippen molar-refractivity contribution in [3.63, 3.8) is 0 Å². The maximum Gasteiger partial charge on any atom is 0.435 e. The van der Waals surface area contributed by atoms with Gasteiger partial charge in [-0.05, 0) is 56.7 Å². The van der Waals surface area contributed by atoms with Gasteiger partial charge in [-0.1, -0.05) is 23.7 Å². The maximum atomic E-state index is 12.3. The second-order valence-electron chi connectivity index (χ2n) is 7.26. The van der Waals surface area contributed by atoms with Crippen LogP contribution in [-0.4, -0.2) is 32.5 Å². The predicted molar refractivity (Wildman–Crippen MR) is 106 cm³/mol. The molecule has 0 aliphatic carbocycles. The Kier molecular flexibility index (Phi) is 5.40. The first-order valence-electron chi connectivity index (χ1n) is 8.59. The van der Waals surface area contributed by atoms with Crippen LogP contribution in [0.4, 0.5) is 10.5 Å². The summed E-state index contributed by atoms with van der Waals surface area (Å²) in [7, 11) is 0. The number of nitrogens with one attached hydrogen (secondary N) is 1. The van der Waals surface area contributed by atoms with E-state index in [4.69, 9.17) is 16.3 Å². The molecule has 1 heterocycles. The molecule has 0 bridgehead atoms. The highest BCUT2D eigenvalue weighted by atomic mass is 35.5. The molecule has 0 aliphatic rings. The number of aliphatic hydroxyl groups is 1. The summed E-state index contributed by atoms with van der Waals surface area (Å²) in [6, 6.07) is 11.4. The van der Waals surface area contributed by atoms with Gasteiger partial charge in [0.1, 0.15) is 5.60 Å². The summed E-state index contributed by atoms with van der Waals surface area (Å²) in [6.07, 6.45) is -0.447. The van der Waals surface area contributed by atoms with Gasteiger partial charge in [0.05, 0.1) is 11.7 Å². The van der Waals surface area contributed by atoms with Gasteiger partial charge in [0.25, 0.3) is 5.91 Å². The highest BCUT2D eigenvalue weighted by Crippen LogP contribution is 2.23. The number of aromatic nitrogens is 2. The Morgan fingerprint density at radius 2 is 1.96 bits per heavy atom. The molecule has 8 heteroatoms. The van der Waals surface area contributed by atoms with Gasteiger partial charge in [0, 0.05) is 16.1 Å². The van der Waals surface area contributed by atoms with E-state index < -0.39 is 23.7 Å². The summed E-state index contributed by atoms with van der Waals surface area (Å²) in [6.45, 7) is 5.32. The van der Waals surface area contributed by atoms with E-state index in [2.05, 4.69) is 10.4 Å². The Morgan fingerprint density at radius 1 is 1.21 bits per heavy atom. The number of fused-ring (bicyclic) bond motifs is 1. The van der Waals surface area contributed by atoms with E-state index in [0.29, 0.717) is 27.2 Å². The predicted octanol–water partition coefficient (Wildman–Crippen LogP) is 4.15. The summed E-state index contributed by atoms with van der Waals surface area (Å²) < 4.78 is 6.48. The Hall–Kier alpha value is -2.90. The average Bonchev–Trinajstić information content (AvgIpc) is 3.03. The van der Waals surface area contributed by atoms with Crippen LogP contribution in [-0.2, 0) is 9.53 Å². The molecule has 0 aliphatic heterocycles. The number of rotatable bonds is 3. The quantitative estimate of drug-likeness (QED) is 0.687. The zero-order valence-electron chi connectivity index (χ0n) is 15.6. The Labute approximate surface area is 166 Å². The third kappa shape index (κ3) is 4.49. The van der Waals surface area contributed by atoms with Crippen LogP contribution in [0.5, 0.6) is 0 Å². The summed E-state index contributed by atoms with van der Waals surface area (Å²) in [5.41, 5.74) is 0.758. The number of hydrogen-bond acceptors (Lipinski definition) is 5. The highest BCUT2D eigenvalue weighted by molar-refractivity contribution is 6.30. The molecule has 3 rings (SSSR count). The van der Waals surface area contributed by atoms with Gasteiger partial charge >= 0.3 is 6.09 Å². The van der Waals surface area contributed by atoms with Crippen LogP contribution in [0.3, 0.4) is 0 Å². The van der Waals surface area contributed by atoms with Crippen molar-refractivity contribution in [1.82, 2.24) is 9.78 Å². The van der Waals surface area contributed by atoms with Gasteiger partial charge in [-0.2, -0.15) is 9.78 Å². The van der Waals surface area contributed by atoms with Crippen LogP contribution in [0.2, 0.25) is 5.02 Å². The largest absolute Gasteiger partial charge is 0.442 e. The van der Waals surface area contributed by atoms with Crippen molar-refractivity contribution < 1.29 is 19.4 Å². The van der Waals surface area contributed by atoms with Crippen LogP contribution in [0.25, 0.3) is 10.9 Å². The van der Waals surface area contributed by atoms with Gasteiger partial charge in [-0.3, -0.25) is 4.79 Å². The Bertz CT molecular complexity index is 1040. The number of aliphatic hydroxyl groups excluding tert-OH is 1. The number of nitrogens with zero attached hydrogens (tertiary/aromatic N) is 2. The summed E-state index contributed by atoms with van der Waals surface area (Å²) in [5.74, 6) is -0.596. The zero-order valence-corrected chi connectivity index (χ0v) is 16.4.